The number of carbonyl (C=O) groups excluding carboxylic acids is 3. The van der Waals surface area contributed by atoms with Gasteiger partial charge in [0.25, 0.3) is 11.8 Å². The Hall–Kier alpha value is -3.36. The monoisotopic (exact) mass is 449 g/mol. The highest BCUT2D eigenvalue weighted by molar-refractivity contribution is 6.00. The molecule has 1 unspecified atom stereocenters. The van der Waals surface area contributed by atoms with Crippen molar-refractivity contribution >= 4 is 23.4 Å². The van der Waals surface area contributed by atoms with Crippen LogP contribution in [0.4, 0.5) is 18.9 Å². The SMILES string of the molecule is Cc1ccc(C(=O)NCC(F)(F)F)cc1NC(=O)C(NC(=O)CC(C)C)c1ccccc1. The van der Waals surface area contributed by atoms with Crippen molar-refractivity contribution in [1.29, 1.82) is 0 Å². The first-order chi connectivity index (χ1) is 15.0. The van der Waals surface area contributed by atoms with Crippen LogP contribution in [0, 0.1) is 12.8 Å². The molecule has 9 heteroatoms. The fourth-order valence-electron chi connectivity index (χ4n) is 2.92. The first-order valence-electron chi connectivity index (χ1n) is 10.1. The van der Waals surface area contributed by atoms with Crippen LogP contribution in [-0.2, 0) is 9.59 Å². The highest BCUT2D eigenvalue weighted by atomic mass is 19.4. The van der Waals surface area contributed by atoms with Crippen LogP contribution in [0.2, 0.25) is 0 Å². The Morgan fingerprint density at radius 1 is 1.00 bits per heavy atom. The second kappa shape index (κ2) is 10.8. The van der Waals surface area contributed by atoms with Crippen molar-refractivity contribution in [2.75, 3.05) is 11.9 Å². The van der Waals surface area contributed by atoms with Crippen molar-refractivity contribution in [2.45, 2.75) is 39.4 Å². The number of anilines is 1. The Bertz CT molecular complexity index is 960. The zero-order chi connectivity index (χ0) is 23.9. The topological polar surface area (TPSA) is 87.3 Å². The maximum atomic E-state index is 13.0. The predicted molar refractivity (Wildman–Crippen MR) is 115 cm³/mol. The summed E-state index contributed by atoms with van der Waals surface area (Å²) in [5.41, 5.74) is 1.40. The van der Waals surface area contributed by atoms with Crippen LogP contribution in [0.25, 0.3) is 0 Å². The van der Waals surface area contributed by atoms with E-state index in [4.69, 9.17) is 0 Å². The molecule has 0 fully saturated rings. The van der Waals surface area contributed by atoms with Gasteiger partial charge in [0.15, 0.2) is 0 Å². The molecule has 3 amide bonds. The summed E-state index contributed by atoms with van der Waals surface area (Å²) in [4.78, 5) is 37.4. The molecule has 0 bridgehead atoms. The summed E-state index contributed by atoms with van der Waals surface area (Å²) in [5.74, 6) is -1.64. The van der Waals surface area contributed by atoms with Crippen molar-refractivity contribution in [2.24, 2.45) is 5.92 Å². The fourth-order valence-corrected chi connectivity index (χ4v) is 2.92. The lowest BCUT2D eigenvalue weighted by Crippen LogP contribution is -2.37. The van der Waals surface area contributed by atoms with E-state index in [0.717, 1.165) is 0 Å². The number of nitrogens with one attached hydrogen (secondary N) is 3. The largest absolute Gasteiger partial charge is 0.405 e. The number of rotatable bonds is 8. The van der Waals surface area contributed by atoms with Gasteiger partial charge in [-0.3, -0.25) is 14.4 Å². The zero-order valence-corrected chi connectivity index (χ0v) is 18.0. The third kappa shape index (κ3) is 7.72. The molecule has 0 radical (unpaired) electrons. The van der Waals surface area contributed by atoms with Gasteiger partial charge >= 0.3 is 6.18 Å². The molecule has 0 aliphatic rings. The molecule has 2 aromatic carbocycles. The summed E-state index contributed by atoms with van der Waals surface area (Å²) in [5, 5.41) is 7.20. The molecule has 0 aliphatic carbocycles. The van der Waals surface area contributed by atoms with Gasteiger partial charge in [-0.15, -0.1) is 0 Å². The highest BCUT2D eigenvalue weighted by Crippen LogP contribution is 2.21. The van der Waals surface area contributed by atoms with Gasteiger partial charge in [-0.05, 0) is 36.1 Å². The molecule has 32 heavy (non-hydrogen) atoms. The van der Waals surface area contributed by atoms with Gasteiger partial charge in [-0.25, -0.2) is 0 Å². The van der Waals surface area contributed by atoms with E-state index < -0.39 is 30.6 Å². The summed E-state index contributed by atoms with van der Waals surface area (Å²) in [6.07, 6.45) is -4.29. The van der Waals surface area contributed by atoms with Gasteiger partial charge in [0, 0.05) is 17.7 Å². The molecule has 3 N–H and O–H groups in total. The van der Waals surface area contributed by atoms with Crippen LogP contribution in [-0.4, -0.2) is 30.4 Å². The van der Waals surface area contributed by atoms with Gasteiger partial charge in [-0.1, -0.05) is 50.2 Å². The fraction of sp³-hybridized carbons (Fsp3) is 0.348. The van der Waals surface area contributed by atoms with E-state index in [-0.39, 0.29) is 29.5 Å². The summed E-state index contributed by atoms with van der Waals surface area (Å²) in [6.45, 7) is 3.99. The predicted octanol–water partition coefficient (Wildman–Crippen LogP) is 4.13. The number of carbonyl (C=O) groups is 3. The molecule has 0 saturated carbocycles. The van der Waals surface area contributed by atoms with Gasteiger partial charge in [0.05, 0.1) is 0 Å². The van der Waals surface area contributed by atoms with E-state index in [0.29, 0.717) is 11.1 Å². The third-order valence-electron chi connectivity index (χ3n) is 4.50. The molecule has 0 heterocycles. The first-order valence-corrected chi connectivity index (χ1v) is 10.1. The van der Waals surface area contributed by atoms with Gasteiger partial charge < -0.3 is 16.0 Å². The van der Waals surface area contributed by atoms with E-state index >= 15 is 0 Å². The molecular formula is C23H26F3N3O3. The van der Waals surface area contributed by atoms with Gasteiger partial charge in [0.1, 0.15) is 12.6 Å². The maximum absolute atomic E-state index is 13.0. The van der Waals surface area contributed by atoms with Crippen molar-refractivity contribution in [3.8, 4) is 0 Å². The quantitative estimate of drug-likeness (QED) is 0.566. The zero-order valence-electron chi connectivity index (χ0n) is 18.0. The van der Waals surface area contributed by atoms with E-state index in [1.165, 1.54) is 18.2 Å². The number of hydrogen-bond donors (Lipinski definition) is 3. The van der Waals surface area contributed by atoms with Crippen LogP contribution in [0.1, 0.15) is 47.8 Å². The van der Waals surface area contributed by atoms with Crippen molar-refractivity contribution in [3.63, 3.8) is 0 Å². The van der Waals surface area contributed by atoms with Crippen LogP contribution in [0.3, 0.4) is 0 Å². The number of hydrogen-bond acceptors (Lipinski definition) is 3. The Morgan fingerprint density at radius 3 is 2.25 bits per heavy atom. The Balaban J connectivity index is 2.23. The average Bonchev–Trinajstić information content (AvgIpc) is 2.71. The highest BCUT2D eigenvalue weighted by Gasteiger charge is 2.28. The molecule has 0 spiro atoms. The van der Waals surface area contributed by atoms with Gasteiger partial charge in [-0.2, -0.15) is 13.2 Å². The Morgan fingerprint density at radius 2 is 1.66 bits per heavy atom. The van der Waals surface area contributed by atoms with Gasteiger partial charge in [0.2, 0.25) is 5.91 Å². The maximum Gasteiger partial charge on any atom is 0.405 e. The standard InChI is InChI=1S/C23H26F3N3O3/c1-14(2)11-19(30)29-20(16-7-5-4-6-8-16)22(32)28-18-12-17(10-9-15(18)3)21(31)27-13-23(24,25)26/h4-10,12,14,20H,11,13H2,1-3H3,(H,27,31)(H,28,32)(H,29,30). The van der Waals surface area contributed by atoms with Crippen LogP contribution in [0.15, 0.2) is 48.5 Å². The minimum absolute atomic E-state index is 0.0322. The third-order valence-corrected chi connectivity index (χ3v) is 4.50. The number of halogens is 3. The molecule has 2 aromatic rings. The molecule has 0 saturated heterocycles. The summed E-state index contributed by atoms with van der Waals surface area (Å²) < 4.78 is 37.1. The molecule has 2 rings (SSSR count). The van der Waals surface area contributed by atoms with Crippen LogP contribution >= 0.6 is 0 Å². The number of amides is 3. The summed E-state index contributed by atoms with van der Waals surface area (Å²) in [6, 6.07) is 11.9. The normalized spacial score (nSPS) is 12.2. The minimum atomic E-state index is -4.53. The lowest BCUT2D eigenvalue weighted by Gasteiger charge is -2.20. The molecule has 0 aromatic heterocycles. The molecule has 6 nitrogen and oxygen atoms in total. The molecular weight excluding hydrogens is 423 g/mol. The van der Waals surface area contributed by atoms with Crippen molar-refractivity contribution in [3.05, 3.63) is 65.2 Å². The number of alkyl halides is 3. The number of benzene rings is 2. The molecule has 1 atom stereocenters. The Kier molecular flexibility index (Phi) is 8.40. The van der Waals surface area contributed by atoms with Crippen LogP contribution in [0.5, 0.6) is 0 Å². The lowest BCUT2D eigenvalue weighted by atomic mass is 10.0. The van der Waals surface area contributed by atoms with E-state index in [1.807, 2.05) is 13.8 Å². The summed E-state index contributed by atoms with van der Waals surface area (Å²) in [7, 11) is 0. The minimum Gasteiger partial charge on any atom is -0.343 e. The van der Waals surface area contributed by atoms with E-state index in [9.17, 15) is 27.6 Å². The Labute approximate surface area is 184 Å². The first kappa shape index (κ1) is 24.9. The number of aryl methyl sites for hydroxylation is 1. The van der Waals surface area contributed by atoms with E-state index in [2.05, 4.69) is 10.6 Å². The second-order valence-electron chi connectivity index (χ2n) is 7.83. The molecule has 0 aliphatic heterocycles. The smallest absolute Gasteiger partial charge is 0.343 e. The van der Waals surface area contributed by atoms with Crippen LogP contribution < -0.4 is 16.0 Å². The molecule has 172 valence electrons. The second-order valence-corrected chi connectivity index (χ2v) is 7.83. The summed E-state index contributed by atoms with van der Waals surface area (Å²) >= 11 is 0. The van der Waals surface area contributed by atoms with E-state index in [1.54, 1.807) is 42.6 Å². The van der Waals surface area contributed by atoms with Crippen molar-refractivity contribution in [1.82, 2.24) is 10.6 Å². The van der Waals surface area contributed by atoms with Crippen molar-refractivity contribution < 1.29 is 27.6 Å². The average molecular weight is 449 g/mol. The lowest BCUT2D eigenvalue weighted by molar-refractivity contribution is -0.127.